The van der Waals surface area contributed by atoms with E-state index in [0.717, 1.165) is 32.1 Å². The molecule has 0 aliphatic heterocycles. The van der Waals surface area contributed by atoms with Crippen LogP contribution >= 0.6 is 0 Å². The first-order valence-corrected chi connectivity index (χ1v) is 7.08. The lowest BCUT2D eigenvalue weighted by molar-refractivity contribution is -0.143. The topological polar surface area (TPSA) is 55.4 Å². The molecule has 106 valence electrons. The molecule has 0 saturated carbocycles. The second-order valence-corrected chi connectivity index (χ2v) is 4.42. The molecule has 0 bridgehead atoms. The molecule has 1 N–H and O–H groups in total. The van der Waals surface area contributed by atoms with Crippen molar-refractivity contribution in [3.63, 3.8) is 0 Å². The van der Waals surface area contributed by atoms with E-state index in [1.165, 1.54) is 0 Å². The summed E-state index contributed by atoms with van der Waals surface area (Å²) in [6, 6.07) is 0. The van der Waals surface area contributed by atoms with E-state index in [4.69, 9.17) is 4.74 Å². The minimum Gasteiger partial charge on any atom is -0.466 e. The SMILES string of the molecule is CCOC(=O)CCCCCNC(=O)C(CC)CC. The zero-order valence-electron chi connectivity index (χ0n) is 12.0. The largest absolute Gasteiger partial charge is 0.466 e. The van der Waals surface area contributed by atoms with Gasteiger partial charge in [-0.05, 0) is 32.6 Å². The number of esters is 1. The van der Waals surface area contributed by atoms with Crippen LogP contribution in [0.25, 0.3) is 0 Å². The van der Waals surface area contributed by atoms with Crippen molar-refractivity contribution in [1.29, 1.82) is 0 Å². The highest BCUT2D eigenvalue weighted by atomic mass is 16.5. The zero-order chi connectivity index (χ0) is 13.8. The minimum atomic E-state index is -0.126. The van der Waals surface area contributed by atoms with E-state index in [1.54, 1.807) is 0 Å². The molecule has 0 aromatic heterocycles. The van der Waals surface area contributed by atoms with Crippen molar-refractivity contribution < 1.29 is 14.3 Å². The van der Waals surface area contributed by atoms with E-state index in [0.29, 0.717) is 19.6 Å². The third-order valence-corrected chi connectivity index (χ3v) is 3.02. The number of amides is 1. The second-order valence-electron chi connectivity index (χ2n) is 4.42. The molecule has 0 heterocycles. The normalized spacial score (nSPS) is 10.4. The molecule has 4 nitrogen and oxygen atoms in total. The Bertz CT molecular complexity index is 237. The van der Waals surface area contributed by atoms with E-state index in [2.05, 4.69) is 5.32 Å². The molecule has 4 heteroatoms. The second kappa shape index (κ2) is 11.1. The van der Waals surface area contributed by atoms with E-state index in [-0.39, 0.29) is 17.8 Å². The molecule has 0 atom stereocenters. The van der Waals surface area contributed by atoms with Crippen LogP contribution in [0.15, 0.2) is 0 Å². The van der Waals surface area contributed by atoms with Gasteiger partial charge in [0.2, 0.25) is 5.91 Å². The third kappa shape index (κ3) is 8.09. The lowest BCUT2D eigenvalue weighted by Crippen LogP contribution is -2.30. The number of unbranched alkanes of at least 4 members (excludes halogenated alkanes) is 2. The molecule has 0 saturated heterocycles. The zero-order valence-corrected chi connectivity index (χ0v) is 12.0. The molecule has 1 amide bonds. The molecule has 0 spiro atoms. The molecule has 0 aliphatic carbocycles. The fraction of sp³-hybridized carbons (Fsp3) is 0.857. The average molecular weight is 257 g/mol. The van der Waals surface area contributed by atoms with Crippen molar-refractivity contribution in [2.75, 3.05) is 13.2 Å². The van der Waals surface area contributed by atoms with Crippen molar-refractivity contribution in [3.8, 4) is 0 Å². The maximum atomic E-state index is 11.6. The fourth-order valence-electron chi connectivity index (χ4n) is 1.82. The van der Waals surface area contributed by atoms with Crippen molar-refractivity contribution in [1.82, 2.24) is 5.32 Å². The predicted octanol–water partition coefficient (Wildman–Crippen LogP) is 2.66. The van der Waals surface area contributed by atoms with Gasteiger partial charge in [0.05, 0.1) is 6.61 Å². The molecular formula is C14H27NO3. The van der Waals surface area contributed by atoms with Crippen LogP contribution in [-0.2, 0) is 14.3 Å². The van der Waals surface area contributed by atoms with E-state index < -0.39 is 0 Å². The summed E-state index contributed by atoms with van der Waals surface area (Å²) in [4.78, 5) is 22.7. The van der Waals surface area contributed by atoms with E-state index in [9.17, 15) is 9.59 Å². The number of rotatable bonds is 10. The van der Waals surface area contributed by atoms with Crippen molar-refractivity contribution in [3.05, 3.63) is 0 Å². The van der Waals surface area contributed by atoms with Crippen molar-refractivity contribution >= 4 is 11.9 Å². The molecule has 0 aliphatic rings. The van der Waals surface area contributed by atoms with Crippen LogP contribution in [0.3, 0.4) is 0 Å². The van der Waals surface area contributed by atoms with Gasteiger partial charge in [0.1, 0.15) is 0 Å². The van der Waals surface area contributed by atoms with Crippen LogP contribution in [0.1, 0.15) is 59.3 Å². The van der Waals surface area contributed by atoms with Gasteiger partial charge in [-0.2, -0.15) is 0 Å². The summed E-state index contributed by atoms with van der Waals surface area (Å²) in [7, 11) is 0. The van der Waals surface area contributed by atoms with Gasteiger partial charge >= 0.3 is 5.97 Å². The van der Waals surface area contributed by atoms with Crippen LogP contribution in [0.5, 0.6) is 0 Å². The highest BCUT2D eigenvalue weighted by Crippen LogP contribution is 2.07. The molecular weight excluding hydrogens is 230 g/mol. The van der Waals surface area contributed by atoms with Gasteiger partial charge in [0.15, 0.2) is 0 Å². The Morgan fingerprint density at radius 2 is 1.72 bits per heavy atom. The molecule has 0 radical (unpaired) electrons. The smallest absolute Gasteiger partial charge is 0.305 e. The van der Waals surface area contributed by atoms with Crippen LogP contribution in [0.4, 0.5) is 0 Å². The van der Waals surface area contributed by atoms with Gasteiger partial charge in [-0.1, -0.05) is 20.3 Å². The lowest BCUT2D eigenvalue weighted by atomic mass is 10.0. The van der Waals surface area contributed by atoms with Gasteiger partial charge < -0.3 is 10.1 Å². The molecule has 0 unspecified atom stereocenters. The van der Waals surface area contributed by atoms with Gasteiger partial charge in [-0.15, -0.1) is 0 Å². The first-order valence-electron chi connectivity index (χ1n) is 7.08. The monoisotopic (exact) mass is 257 g/mol. The molecule has 0 rings (SSSR count). The predicted molar refractivity (Wildman–Crippen MR) is 72.2 cm³/mol. The fourth-order valence-corrected chi connectivity index (χ4v) is 1.82. The standard InChI is InChI=1S/C14H27NO3/c1-4-12(5-2)14(17)15-11-9-7-8-10-13(16)18-6-3/h12H,4-11H2,1-3H3,(H,15,17). The van der Waals surface area contributed by atoms with Gasteiger partial charge in [0, 0.05) is 18.9 Å². The Morgan fingerprint density at radius 1 is 1.06 bits per heavy atom. The summed E-state index contributed by atoms with van der Waals surface area (Å²) < 4.78 is 4.84. The maximum absolute atomic E-state index is 11.6. The molecule has 0 aromatic rings. The van der Waals surface area contributed by atoms with Gasteiger partial charge in [-0.25, -0.2) is 0 Å². The number of carbonyl (C=O) groups is 2. The average Bonchev–Trinajstić information content (AvgIpc) is 2.35. The van der Waals surface area contributed by atoms with Crippen LogP contribution in [-0.4, -0.2) is 25.0 Å². The quantitative estimate of drug-likeness (QED) is 0.483. The summed E-state index contributed by atoms with van der Waals surface area (Å²) in [5.74, 6) is 0.175. The van der Waals surface area contributed by atoms with Gasteiger partial charge in [-0.3, -0.25) is 9.59 Å². The van der Waals surface area contributed by atoms with Crippen LogP contribution < -0.4 is 5.32 Å². The van der Waals surface area contributed by atoms with Crippen molar-refractivity contribution in [2.45, 2.75) is 59.3 Å². The Morgan fingerprint density at radius 3 is 2.28 bits per heavy atom. The van der Waals surface area contributed by atoms with Crippen LogP contribution in [0, 0.1) is 5.92 Å². The summed E-state index contributed by atoms with van der Waals surface area (Å²) in [6.45, 7) is 7.04. The Kier molecular flexibility index (Phi) is 10.4. The number of ether oxygens (including phenoxy) is 1. The summed E-state index contributed by atoms with van der Waals surface area (Å²) in [5.41, 5.74) is 0. The Labute approximate surface area is 110 Å². The first kappa shape index (κ1) is 16.9. The number of hydrogen-bond acceptors (Lipinski definition) is 3. The summed E-state index contributed by atoms with van der Waals surface area (Å²) in [6.07, 6.45) is 4.97. The summed E-state index contributed by atoms with van der Waals surface area (Å²) >= 11 is 0. The number of nitrogens with one attached hydrogen (secondary N) is 1. The van der Waals surface area contributed by atoms with Crippen molar-refractivity contribution in [2.24, 2.45) is 5.92 Å². The van der Waals surface area contributed by atoms with Gasteiger partial charge in [0.25, 0.3) is 0 Å². The summed E-state index contributed by atoms with van der Waals surface area (Å²) in [5, 5.41) is 2.94. The Hall–Kier alpha value is -1.06. The lowest BCUT2D eigenvalue weighted by Gasteiger charge is -2.12. The molecule has 0 fully saturated rings. The first-order chi connectivity index (χ1) is 8.65. The van der Waals surface area contributed by atoms with Crippen LogP contribution in [0.2, 0.25) is 0 Å². The molecule has 18 heavy (non-hydrogen) atoms. The third-order valence-electron chi connectivity index (χ3n) is 3.02. The van der Waals surface area contributed by atoms with E-state index in [1.807, 2.05) is 20.8 Å². The maximum Gasteiger partial charge on any atom is 0.305 e. The highest BCUT2D eigenvalue weighted by molar-refractivity contribution is 5.78. The minimum absolute atomic E-state index is 0.126. The highest BCUT2D eigenvalue weighted by Gasteiger charge is 2.12. The molecule has 0 aromatic carbocycles. The Balaban J connectivity index is 3.45. The number of carbonyl (C=O) groups excluding carboxylic acids is 2. The van der Waals surface area contributed by atoms with E-state index >= 15 is 0 Å². The number of hydrogen-bond donors (Lipinski definition) is 1.